The van der Waals surface area contributed by atoms with Crippen LogP contribution in [0.3, 0.4) is 0 Å². The molecule has 7 heteroatoms. The average Bonchev–Trinajstić information content (AvgIpc) is 2.62. The van der Waals surface area contributed by atoms with Gasteiger partial charge in [-0.3, -0.25) is 9.59 Å². The number of nitrogens with zero attached hydrogens (tertiary/aromatic N) is 2. The van der Waals surface area contributed by atoms with E-state index in [2.05, 4.69) is 10.5 Å². The number of aromatic nitrogens is 1. The van der Waals surface area contributed by atoms with E-state index in [0.717, 1.165) is 5.56 Å². The molecule has 0 aliphatic heterocycles. The first-order valence-electron chi connectivity index (χ1n) is 8.33. The molecule has 1 heterocycles. The summed E-state index contributed by atoms with van der Waals surface area (Å²) in [5.74, 6) is 0.650. The molecule has 7 nitrogen and oxygen atoms in total. The number of pyridine rings is 1. The molecule has 2 rings (SSSR count). The van der Waals surface area contributed by atoms with Crippen molar-refractivity contribution in [2.45, 2.75) is 33.4 Å². The van der Waals surface area contributed by atoms with Gasteiger partial charge in [-0.05, 0) is 56.7 Å². The van der Waals surface area contributed by atoms with Gasteiger partial charge in [0.2, 0.25) is 0 Å². The van der Waals surface area contributed by atoms with E-state index in [9.17, 15) is 9.59 Å². The number of hydrazone groups is 1. The Morgan fingerprint density at radius 3 is 2.73 bits per heavy atom. The maximum absolute atomic E-state index is 12.1. The van der Waals surface area contributed by atoms with E-state index < -0.39 is 5.91 Å². The molecule has 1 aromatic heterocycles. The third kappa shape index (κ3) is 4.72. The maximum Gasteiger partial charge on any atom is 0.276 e. The molecule has 0 saturated heterocycles. The van der Waals surface area contributed by atoms with E-state index in [4.69, 9.17) is 9.47 Å². The number of hydrogen-bond acceptors (Lipinski definition) is 5. The van der Waals surface area contributed by atoms with Crippen LogP contribution in [-0.4, -0.2) is 29.9 Å². The molecule has 0 saturated carbocycles. The van der Waals surface area contributed by atoms with Crippen molar-refractivity contribution in [1.29, 1.82) is 0 Å². The Kier molecular flexibility index (Phi) is 6.54. The number of ether oxygens (including phenoxy) is 2. The predicted octanol–water partition coefficient (Wildman–Crippen LogP) is 2.43. The number of carbonyl (C=O) groups is 1. The average molecular weight is 357 g/mol. The molecular weight excluding hydrogens is 334 g/mol. The van der Waals surface area contributed by atoms with E-state index in [1.165, 1.54) is 16.8 Å². The number of carbonyl (C=O) groups excluding carboxylic acids is 1. The molecule has 1 aromatic carbocycles. The van der Waals surface area contributed by atoms with Crippen molar-refractivity contribution in [3.05, 3.63) is 58.0 Å². The second-order valence-electron chi connectivity index (χ2n) is 5.79. The zero-order chi connectivity index (χ0) is 19.1. The molecular formula is C19H23N3O4. The summed E-state index contributed by atoms with van der Waals surface area (Å²) in [6, 6.07) is 8.45. The Balaban J connectivity index is 2.11. The van der Waals surface area contributed by atoms with Crippen LogP contribution in [0, 0.1) is 0 Å². The summed E-state index contributed by atoms with van der Waals surface area (Å²) < 4.78 is 12.4. The van der Waals surface area contributed by atoms with Crippen molar-refractivity contribution in [3.8, 4) is 11.5 Å². The van der Waals surface area contributed by atoms with Crippen LogP contribution in [0.5, 0.6) is 11.5 Å². The van der Waals surface area contributed by atoms with Crippen LogP contribution in [-0.2, 0) is 6.54 Å². The number of aryl methyl sites for hydroxylation is 1. The Morgan fingerprint density at radius 2 is 2.08 bits per heavy atom. The van der Waals surface area contributed by atoms with Gasteiger partial charge in [0, 0.05) is 12.7 Å². The minimum atomic E-state index is -0.555. The fraction of sp³-hybridized carbons (Fsp3) is 0.316. The fourth-order valence-electron chi connectivity index (χ4n) is 2.30. The summed E-state index contributed by atoms with van der Waals surface area (Å²) in [7, 11) is 1.55. The monoisotopic (exact) mass is 357 g/mol. The van der Waals surface area contributed by atoms with Crippen molar-refractivity contribution >= 4 is 12.1 Å². The number of benzene rings is 1. The summed E-state index contributed by atoms with van der Waals surface area (Å²) in [5, 5.41) is 3.91. The lowest BCUT2D eigenvalue weighted by atomic mass is 10.2. The van der Waals surface area contributed by atoms with Gasteiger partial charge < -0.3 is 14.0 Å². The van der Waals surface area contributed by atoms with Gasteiger partial charge in [0.05, 0.1) is 19.4 Å². The van der Waals surface area contributed by atoms with E-state index in [1.54, 1.807) is 37.6 Å². The highest BCUT2D eigenvalue weighted by Crippen LogP contribution is 2.28. The van der Waals surface area contributed by atoms with E-state index >= 15 is 0 Å². The zero-order valence-corrected chi connectivity index (χ0v) is 15.4. The number of nitrogens with one attached hydrogen (secondary N) is 1. The number of rotatable bonds is 7. The fourth-order valence-corrected chi connectivity index (χ4v) is 2.30. The molecule has 0 aliphatic carbocycles. The first kappa shape index (κ1) is 19.2. The lowest BCUT2D eigenvalue weighted by Crippen LogP contribution is -2.30. The molecule has 1 N–H and O–H groups in total. The van der Waals surface area contributed by atoms with Gasteiger partial charge in [-0.1, -0.05) is 0 Å². The van der Waals surface area contributed by atoms with Crippen molar-refractivity contribution in [2.24, 2.45) is 5.10 Å². The molecule has 0 atom stereocenters. The Morgan fingerprint density at radius 1 is 1.31 bits per heavy atom. The first-order valence-corrected chi connectivity index (χ1v) is 8.33. The van der Waals surface area contributed by atoms with Crippen molar-refractivity contribution < 1.29 is 14.3 Å². The van der Waals surface area contributed by atoms with Crippen molar-refractivity contribution in [1.82, 2.24) is 9.99 Å². The highest BCUT2D eigenvalue weighted by atomic mass is 16.5. The Hall–Kier alpha value is -3.09. The van der Waals surface area contributed by atoms with Crippen LogP contribution in [0.25, 0.3) is 0 Å². The van der Waals surface area contributed by atoms with Crippen LogP contribution < -0.4 is 20.5 Å². The summed E-state index contributed by atoms with van der Waals surface area (Å²) in [4.78, 5) is 24.2. The largest absolute Gasteiger partial charge is 0.493 e. The number of amides is 1. The third-order valence-corrected chi connectivity index (χ3v) is 3.54. The number of hydrogen-bond donors (Lipinski definition) is 1. The van der Waals surface area contributed by atoms with Gasteiger partial charge >= 0.3 is 0 Å². The molecule has 0 aliphatic rings. The lowest BCUT2D eigenvalue weighted by molar-refractivity contribution is 0.0953. The molecule has 26 heavy (non-hydrogen) atoms. The topological polar surface area (TPSA) is 81.9 Å². The lowest BCUT2D eigenvalue weighted by Gasteiger charge is -2.13. The zero-order valence-electron chi connectivity index (χ0n) is 15.4. The summed E-state index contributed by atoms with van der Waals surface area (Å²) in [6.45, 7) is 6.19. The van der Waals surface area contributed by atoms with Gasteiger partial charge in [0.15, 0.2) is 11.5 Å². The number of methoxy groups -OCH3 is 1. The summed E-state index contributed by atoms with van der Waals surface area (Å²) in [6.07, 6.45) is 3.14. The highest BCUT2D eigenvalue weighted by Gasteiger charge is 2.11. The SMILES string of the molecule is CCn1cccc(C(=O)N/N=C\c2ccc(OC(C)C)c(OC)c2)c1=O. The van der Waals surface area contributed by atoms with Gasteiger partial charge in [0.1, 0.15) is 5.56 Å². The Labute approximate surface area is 152 Å². The minimum absolute atomic E-state index is 0.0285. The smallest absolute Gasteiger partial charge is 0.276 e. The molecule has 0 bridgehead atoms. The molecule has 1 amide bonds. The third-order valence-electron chi connectivity index (χ3n) is 3.54. The molecule has 2 aromatic rings. The van der Waals surface area contributed by atoms with Crippen LogP contribution in [0.2, 0.25) is 0 Å². The van der Waals surface area contributed by atoms with Gasteiger partial charge in [-0.2, -0.15) is 5.10 Å². The summed E-state index contributed by atoms with van der Waals surface area (Å²) >= 11 is 0. The molecule has 0 fully saturated rings. The molecule has 138 valence electrons. The van der Waals surface area contributed by atoms with Crippen LogP contribution in [0.1, 0.15) is 36.7 Å². The second kappa shape index (κ2) is 8.84. The molecule has 0 radical (unpaired) electrons. The van der Waals surface area contributed by atoms with Crippen LogP contribution in [0.15, 0.2) is 46.4 Å². The van der Waals surface area contributed by atoms with E-state index in [-0.39, 0.29) is 17.2 Å². The van der Waals surface area contributed by atoms with E-state index in [0.29, 0.717) is 18.0 Å². The standard InChI is InChI=1S/C19H23N3O4/c1-5-22-10-6-7-15(19(22)24)18(23)21-20-12-14-8-9-16(26-13(2)3)17(11-14)25-4/h6-13H,5H2,1-4H3,(H,21,23)/b20-12-. The highest BCUT2D eigenvalue weighted by molar-refractivity contribution is 5.94. The van der Waals surface area contributed by atoms with Crippen LogP contribution >= 0.6 is 0 Å². The quantitative estimate of drug-likeness (QED) is 0.609. The predicted molar refractivity (Wildman–Crippen MR) is 100 cm³/mol. The van der Waals surface area contributed by atoms with Crippen molar-refractivity contribution in [2.75, 3.05) is 7.11 Å². The van der Waals surface area contributed by atoms with Crippen molar-refractivity contribution in [3.63, 3.8) is 0 Å². The van der Waals surface area contributed by atoms with E-state index in [1.807, 2.05) is 20.8 Å². The normalized spacial score (nSPS) is 11.0. The van der Waals surface area contributed by atoms with Crippen LogP contribution in [0.4, 0.5) is 0 Å². The van der Waals surface area contributed by atoms with Gasteiger partial charge in [-0.25, -0.2) is 5.43 Å². The Bertz CT molecular complexity index is 856. The van der Waals surface area contributed by atoms with Gasteiger partial charge in [0.25, 0.3) is 11.5 Å². The summed E-state index contributed by atoms with van der Waals surface area (Å²) in [5.41, 5.74) is 2.79. The maximum atomic E-state index is 12.1. The molecule has 0 unspecified atom stereocenters. The van der Waals surface area contributed by atoms with Gasteiger partial charge in [-0.15, -0.1) is 0 Å². The first-order chi connectivity index (χ1) is 12.5. The second-order valence-corrected chi connectivity index (χ2v) is 5.79. The molecule has 0 spiro atoms. The minimum Gasteiger partial charge on any atom is -0.493 e.